The van der Waals surface area contributed by atoms with Crippen LogP contribution in [0.15, 0.2) is 11.2 Å². The van der Waals surface area contributed by atoms with E-state index >= 15 is 0 Å². The Kier molecular flexibility index (Phi) is 5.07. The minimum absolute atomic E-state index is 0.0463. The molecule has 1 amide bonds. The summed E-state index contributed by atoms with van der Waals surface area (Å²) in [7, 11) is 0. The zero-order chi connectivity index (χ0) is 16.3. The lowest BCUT2D eigenvalue weighted by Gasteiger charge is -2.10. The third kappa shape index (κ3) is 3.59. The van der Waals surface area contributed by atoms with E-state index in [9.17, 15) is 4.79 Å². The van der Waals surface area contributed by atoms with Crippen LogP contribution in [0, 0.1) is 13.8 Å². The molecular weight excluding hydrogens is 302 g/mol. The maximum atomic E-state index is 11.8. The van der Waals surface area contributed by atoms with Crippen LogP contribution in [0.25, 0.3) is 5.95 Å². The zero-order valence-corrected chi connectivity index (χ0v) is 14.0. The second-order valence-electron chi connectivity index (χ2n) is 5.16. The highest BCUT2D eigenvalue weighted by Gasteiger charge is 2.16. The summed E-state index contributed by atoms with van der Waals surface area (Å²) in [6, 6.07) is 2.09. The van der Waals surface area contributed by atoms with Gasteiger partial charge < -0.3 is 11.2 Å². The van der Waals surface area contributed by atoms with Crippen LogP contribution in [0.1, 0.15) is 31.7 Å². The third-order valence-corrected chi connectivity index (χ3v) is 4.14. The number of nitrogens with one attached hydrogen (secondary N) is 1. The van der Waals surface area contributed by atoms with Gasteiger partial charge >= 0.3 is 0 Å². The maximum absolute atomic E-state index is 11.8. The predicted molar refractivity (Wildman–Crippen MR) is 85.4 cm³/mol. The van der Waals surface area contributed by atoms with Crippen LogP contribution in [-0.4, -0.2) is 42.4 Å². The van der Waals surface area contributed by atoms with Crippen LogP contribution in [-0.2, 0) is 4.79 Å². The fraction of sp³-hybridized carbons (Fsp3) is 0.538. The van der Waals surface area contributed by atoms with Crippen LogP contribution in [0.3, 0.4) is 0 Å². The maximum Gasteiger partial charge on any atom is 0.271 e. The van der Waals surface area contributed by atoms with Crippen LogP contribution >= 0.6 is 11.8 Å². The number of hydrogen-bond acceptors (Lipinski definition) is 6. The Morgan fingerprint density at radius 2 is 2.18 bits per heavy atom. The molecule has 2 heterocycles. The highest BCUT2D eigenvalue weighted by atomic mass is 32.2. The lowest BCUT2D eigenvalue weighted by atomic mass is 10.3. The second-order valence-corrected chi connectivity index (χ2v) is 6.10. The first-order valence-corrected chi connectivity index (χ1v) is 8.07. The van der Waals surface area contributed by atoms with Crippen molar-refractivity contribution in [1.29, 1.82) is 0 Å². The summed E-state index contributed by atoms with van der Waals surface area (Å²) >= 11 is 1.25. The Labute approximate surface area is 133 Å². The van der Waals surface area contributed by atoms with Gasteiger partial charge in [-0.2, -0.15) is 5.10 Å². The van der Waals surface area contributed by atoms with Gasteiger partial charge in [0, 0.05) is 11.7 Å². The number of carbonyl (C=O) groups excluding carboxylic acids is 1. The SMILES string of the molecule is CC[C@H](C)NC(=O)CSc1nnc(-n2nc(C)cc2C)n1N. The van der Waals surface area contributed by atoms with Crippen LogP contribution in [0.2, 0.25) is 0 Å². The van der Waals surface area contributed by atoms with Crippen molar-refractivity contribution in [3.05, 3.63) is 17.5 Å². The van der Waals surface area contributed by atoms with Crippen molar-refractivity contribution in [2.45, 2.75) is 45.3 Å². The van der Waals surface area contributed by atoms with E-state index in [-0.39, 0.29) is 17.7 Å². The molecule has 0 aliphatic carbocycles. The molecule has 9 heteroatoms. The average Bonchev–Trinajstić information content (AvgIpc) is 2.98. The number of aromatic nitrogens is 5. The van der Waals surface area contributed by atoms with E-state index in [1.165, 1.54) is 16.4 Å². The van der Waals surface area contributed by atoms with Gasteiger partial charge in [0.2, 0.25) is 11.1 Å². The molecule has 0 aliphatic heterocycles. The third-order valence-electron chi connectivity index (χ3n) is 3.20. The molecule has 0 fully saturated rings. The Balaban J connectivity index is 2.05. The van der Waals surface area contributed by atoms with Gasteiger partial charge in [0.05, 0.1) is 11.4 Å². The number of nitrogens with zero attached hydrogens (tertiary/aromatic N) is 5. The Bertz CT molecular complexity index is 663. The van der Waals surface area contributed by atoms with Gasteiger partial charge in [-0.15, -0.1) is 10.2 Å². The summed E-state index contributed by atoms with van der Waals surface area (Å²) < 4.78 is 2.98. The highest BCUT2D eigenvalue weighted by Crippen LogP contribution is 2.17. The monoisotopic (exact) mass is 323 g/mol. The standard InChI is InChI=1S/C13H21N7OS/c1-5-8(2)15-11(21)7-22-13-17-16-12(19(13)14)20-10(4)6-9(3)18-20/h6,8H,5,7,14H2,1-4H3,(H,15,21)/t8-/m0/s1. The van der Waals surface area contributed by atoms with E-state index in [1.807, 2.05) is 33.8 Å². The van der Waals surface area contributed by atoms with E-state index in [2.05, 4.69) is 20.6 Å². The summed E-state index contributed by atoms with van der Waals surface area (Å²) in [6.07, 6.45) is 0.894. The first kappa shape index (κ1) is 16.3. The first-order chi connectivity index (χ1) is 10.4. The topological polar surface area (TPSA) is 104 Å². The largest absolute Gasteiger partial charge is 0.353 e. The second kappa shape index (κ2) is 6.82. The predicted octanol–water partition coefficient (Wildman–Crippen LogP) is 0.801. The van der Waals surface area contributed by atoms with Gasteiger partial charge in [-0.05, 0) is 33.3 Å². The molecule has 0 saturated carbocycles. The molecule has 22 heavy (non-hydrogen) atoms. The minimum Gasteiger partial charge on any atom is -0.353 e. The Morgan fingerprint density at radius 1 is 1.45 bits per heavy atom. The number of nitrogens with two attached hydrogens (primary N) is 1. The smallest absolute Gasteiger partial charge is 0.271 e. The molecule has 2 rings (SSSR count). The van der Waals surface area contributed by atoms with Gasteiger partial charge in [0.1, 0.15) is 0 Å². The number of nitrogen functional groups attached to an aromatic ring is 1. The van der Waals surface area contributed by atoms with Crippen LogP contribution in [0.5, 0.6) is 0 Å². The molecule has 0 spiro atoms. The molecule has 0 bridgehead atoms. The fourth-order valence-corrected chi connectivity index (χ4v) is 2.56. The summed E-state index contributed by atoms with van der Waals surface area (Å²) in [5.74, 6) is 6.63. The molecule has 0 radical (unpaired) electrons. The van der Waals surface area contributed by atoms with Crippen molar-refractivity contribution in [3.63, 3.8) is 0 Å². The minimum atomic E-state index is -0.0463. The average molecular weight is 323 g/mol. The van der Waals surface area contributed by atoms with Crippen molar-refractivity contribution in [2.75, 3.05) is 11.6 Å². The number of thioether (sulfide) groups is 1. The van der Waals surface area contributed by atoms with Gasteiger partial charge in [-0.25, -0.2) is 9.36 Å². The summed E-state index contributed by atoms with van der Waals surface area (Å²) in [4.78, 5) is 11.8. The van der Waals surface area contributed by atoms with Gasteiger partial charge in [-0.1, -0.05) is 18.7 Å². The Morgan fingerprint density at radius 3 is 2.77 bits per heavy atom. The van der Waals surface area contributed by atoms with Crippen molar-refractivity contribution in [1.82, 2.24) is 30.0 Å². The van der Waals surface area contributed by atoms with Gasteiger partial charge in [-0.3, -0.25) is 4.79 Å². The molecule has 1 atom stereocenters. The molecule has 2 aromatic rings. The molecule has 0 saturated heterocycles. The first-order valence-electron chi connectivity index (χ1n) is 7.08. The number of aryl methyl sites for hydroxylation is 2. The van der Waals surface area contributed by atoms with E-state index in [1.54, 1.807) is 4.68 Å². The highest BCUT2D eigenvalue weighted by molar-refractivity contribution is 7.99. The summed E-state index contributed by atoms with van der Waals surface area (Å²) in [6.45, 7) is 7.81. The van der Waals surface area contributed by atoms with E-state index in [0.29, 0.717) is 11.1 Å². The van der Waals surface area contributed by atoms with Crippen LogP contribution in [0.4, 0.5) is 0 Å². The van der Waals surface area contributed by atoms with Gasteiger partial charge in [0.15, 0.2) is 0 Å². The number of amides is 1. The van der Waals surface area contributed by atoms with E-state index in [4.69, 9.17) is 5.84 Å². The van der Waals surface area contributed by atoms with Gasteiger partial charge in [0.25, 0.3) is 5.95 Å². The lowest BCUT2D eigenvalue weighted by molar-refractivity contribution is -0.119. The van der Waals surface area contributed by atoms with Crippen molar-refractivity contribution in [3.8, 4) is 5.95 Å². The number of hydrogen-bond donors (Lipinski definition) is 2. The number of carbonyl (C=O) groups is 1. The molecule has 0 unspecified atom stereocenters. The zero-order valence-electron chi connectivity index (χ0n) is 13.2. The summed E-state index contributed by atoms with van der Waals surface area (Å²) in [5, 5.41) is 15.8. The molecule has 3 N–H and O–H groups in total. The van der Waals surface area contributed by atoms with Crippen molar-refractivity contribution < 1.29 is 4.79 Å². The molecule has 120 valence electrons. The number of rotatable bonds is 6. The van der Waals surface area contributed by atoms with E-state index in [0.717, 1.165) is 17.8 Å². The van der Waals surface area contributed by atoms with Crippen molar-refractivity contribution in [2.24, 2.45) is 0 Å². The molecule has 0 aliphatic rings. The fourth-order valence-electron chi connectivity index (χ4n) is 1.89. The molecule has 0 aromatic carbocycles. The van der Waals surface area contributed by atoms with Crippen molar-refractivity contribution >= 4 is 17.7 Å². The molecule has 2 aromatic heterocycles. The quantitative estimate of drug-likeness (QED) is 0.602. The normalized spacial score (nSPS) is 12.4. The lowest BCUT2D eigenvalue weighted by Crippen LogP contribution is -2.33. The van der Waals surface area contributed by atoms with Crippen LogP contribution < -0.4 is 11.2 Å². The Hall–Kier alpha value is -2.03. The van der Waals surface area contributed by atoms with E-state index < -0.39 is 0 Å². The summed E-state index contributed by atoms with van der Waals surface area (Å²) in [5.41, 5.74) is 1.80. The molecular formula is C13H21N7OS. The molecule has 8 nitrogen and oxygen atoms in total.